The van der Waals surface area contributed by atoms with Gasteiger partial charge >= 0.3 is 6.18 Å². The quantitative estimate of drug-likeness (QED) is 0.330. The second-order valence-electron chi connectivity index (χ2n) is 5.43. The van der Waals surface area contributed by atoms with E-state index in [-0.39, 0.29) is 30.0 Å². The largest absolute Gasteiger partial charge is 0.872 e. The molecular weight excluding hydrogens is 385 g/mol. The summed E-state index contributed by atoms with van der Waals surface area (Å²) in [5.74, 6) is -0.472. The minimum Gasteiger partial charge on any atom is -0.872 e. The molecule has 2 aromatic rings. The number of nitro groups is 2. The highest BCUT2D eigenvalue weighted by molar-refractivity contribution is 5.84. The van der Waals surface area contributed by atoms with E-state index in [9.17, 15) is 38.5 Å². The van der Waals surface area contributed by atoms with Crippen molar-refractivity contribution in [1.29, 1.82) is 0 Å². The monoisotopic (exact) mass is 397 g/mol. The highest BCUT2D eigenvalue weighted by Gasteiger charge is 2.32. The molecule has 0 aliphatic heterocycles. The van der Waals surface area contributed by atoms with Crippen LogP contribution in [0.25, 0.3) is 0 Å². The van der Waals surface area contributed by atoms with Crippen molar-refractivity contribution in [2.75, 3.05) is 18.4 Å². The number of nitrogens with one attached hydrogen (secondary N) is 1. The molecule has 12 heteroatoms. The molecule has 0 bridgehead atoms. The van der Waals surface area contributed by atoms with Crippen LogP contribution in [-0.4, -0.2) is 29.2 Å². The van der Waals surface area contributed by atoms with Crippen LogP contribution in [0.4, 0.5) is 30.2 Å². The number of rotatable bonds is 7. The molecular formula is C16H12F3N4O5-. The SMILES string of the molecule is O=[N+]([O-])c1ccc([O-])c(C=NCCNc2ccc(C(F)(F)F)cc2[N+](=O)[O-])c1. The average molecular weight is 397 g/mol. The summed E-state index contributed by atoms with van der Waals surface area (Å²) in [6.07, 6.45) is -3.58. The number of anilines is 1. The first-order valence-corrected chi connectivity index (χ1v) is 7.64. The number of non-ortho nitro benzene ring substituents is 1. The molecule has 0 saturated carbocycles. The molecule has 148 valence electrons. The third-order valence-corrected chi connectivity index (χ3v) is 3.51. The van der Waals surface area contributed by atoms with Crippen LogP contribution >= 0.6 is 0 Å². The number of alkyl halides is 3. The van der Waals surface area contributed by atoms with Gasteiger partial charge in [-0.3, -0.25) is 25.2 Å². The Kier molecular flexibility index (Phi) is 6.13. The minimum atomic E-state index is -4.71. The van der Waals surface area contributed by atoms with Gasteiger partial charge in [-0.1, -0.05) is 11.8 Å². The number of nitrogens with zero attached hydrogens (tertiary/aromatic N) is 3. The summed E-state index contributed by atoms with van der Waals surface area (Å²) in [4.78, 5) is 24.0. The third kappa shape index (κ3) is 5.16. The van der Waals surface area contributed by atoms with Gasteiger partial charge in [-0.25, -0.2) is 0 Å². The Balaban J connectivity index is 2.04. The Morgan fingerprint density at radius 2 is 1.79 bits per heavy atom. The molecule has 1 N–H and O–H groups in total. The highest BCUT2D eigenvalue weighted by Crippen LogP contribution is 2.34. The lowest BCUT2D eigenvalue weighted by Gasteiger charge is -2.10. The molecule has 28 heavy (non-hydrogen) atoms. The fraction of sp³-hybridized carbons (Fsp3) is 0.188. The molecule has 0 radical (unpaired) electrons. The second kappa shape index (κ2) is 8.33. The van der Waals surface area contributed by atoms with E-state index in [1.54, 1.807) is 0 Å². The maximum Gasteiger partial charge on any atom is 0.416 e. The maximum atomic E-state index is 12.7. The van der Waals surface area contributed by atoms with Crippen molar-refractivity contribution in [3.05, 3.63) is 67.8 Å². The van der Waals surface area contributed by atoms with E-state index in [4.69, 9.17) is 0 Å². The van der Waals surface area contributed by atoms with E-state index in [1.807, 2.05) is 0 Å². The van der Waals surface area contributed by atoms with Crippen molar-refractivity contribution >= 4 is 23.3 Å². The molecule has 0 spiro atoms. The second-order valence-corrected chi connectivity index (χ2v) is 5.43. The van der Waals surface area contributed by atoms with Gasteiger partial charge in [-0.05, 0) is 17.7 Å². The number of halogens is 3. The minimum absolute atomic E-state index is 0.00490. The summed E-state index contributed by atoms with van der Waals surface area (Å²) < 4.78 is 38.0. The zero-order valence-corrected chi connectivity index (χ0v) is 14.0. The van der Waals surface area contributed by atoms with Crippen molar-refractivity contribution in [1.82, 2.24) is 0 Å². The molecule has 0 aliphatic carbocycles. The standard InChI is InChI=1S/C16H13F3N4O5/c17-16(18,19)11-1-3-13(14(8-11)23(27)28)21-6-5-20-9-10-7-12(22(25)26)2-4-15(10)24/h1-4,7-9,21,24H,5-6H2/p-1. The molecule has 0 fully saturated rings. The molecule has 0 saturated heterocycles. The first kappa shape index (κ1) is 20.6. The first-order valence-electron chi connectivity index (χ1n) is 7.64. The van der Waals surface area contributed by atoms with Crippen LogP contribution in [0.3, 0.4) is 0 Å². The summed E-state index contributed by atoms with van der Waals surface area (Å²) >= 11 is 0. The lowest BCUT2D eigenvalue weighted by molar-refractivity contribution is -0.385. The summed E-state index contributed by atoms with van der Waals surface area (Å²) in [5, 5.41) is 35.9. The summed E-state index contributed by atoms with van der Waals surface area (Å²) in [6.45, 7) is 0.0339. The zero-order valence-electron chi connectivity index (χ0n) is 14.0. The van der Waals surface area contributed by atoms with Crippen LogP contribution in [0.1, 0.15) is 11.1 Å². The molecule has 0 unspecified atom stereocenters. The number of nitro benzene ring substituents is 2. The van der Waals surface area contributed by atoms with E-state index < -0.39 is 33.0 Å². The summed E-state index contributed by atoms with van der Waals surface area (Å²) in [6, 6.07) is 5.24. The van der Waals surface area contributed by atoms with Gasteiger partial charge in [0.1, 0.15) is 5.69 Å². The van der Waals surface area contributed by atoms with Crippen LogP contribution < -0.4 is 10.4 Å². The van der Waals surface area contributed by atoms with E-state index >= 15 is 0 Å². The fourth-order valence-corrected chi connectivity index (χ4v) is 2.18. The Hall–Kier alpha value is -3.70. The normalized spacial score (nSPS) is 11.5. The zero-order chi connectivity index (χ0) is 20.9. The first-order chi connectivity index (χ1) is 13.1. The van der Waals surface area contributed by atoms with Crippen LogP contribution in [0.15, 0.2) is 41.4 Å². The lowest BCUT2D eigenvalue weighted by Crippen LogP contribution is -2.10. The number of hydrogen-bond donors (Lipinski definition) is 1. The van der Waals surface area contributed by atoms with Gasteiger partial charge in [0, 0.05) is 31.0 Å². The van der Waals surface area contributed by atoms with E-state index in [0.29, 0.717) is 12.1 Å². The average Bonchev–Trinajstić information content (AvgIpc) is 2.61. The van der Waals surface area contributed by atoms with E-state index in [1.165, 1.54) is 0 Å². The lowest BCUT2D eigenvalue weighted by atomic mass is 10.1. The van der Waals surface area contributed by atoms with Crippen molar-refractivity contribution in [3.8, 4) is 5.75 Å². The number of aliphatic imine (C=N–C) groups is 1. The smallest absolute Gasteiger partial charge is 0.416 e. The van der Waals surface area contributed by atoms with Crippen LogP contribution in [0.2, 0.25) is 0 Å². The van der Waals surface area contributed by atoms with Gasteiger partial charge < -0.3 is 10.4 Å². The molecule has 0 heterocycles. The van der Waals surface area contributed by atoms with Gasteiger partial charge in [0.25, 0.3) is 11.4 Å². The highest BCUT2D eigenvalue weighted by atomic mass is 19.4. The van der Waals surface area contributed by atoms with Crippen LogP contribution in [0.5, 0.6) is 5.75 Å². The van der Waals surface area contributed by atoms with Crippen molar-refractivity contribution in [3.63, 3.8) is 0 Å². The third-order valence-electron chi connectivity index (χ3n) is 3.51. The fourth-order valence-electron chi connectivity index (χ4n) is 2.18. The van der Waals surface area contributed by atoms with E-state index in [2.05, 4.69) is 10.3 Å². The topological polar surface area (TPSA) is 134 Å². The molecule has 2 aromatic carbocycles. The Bertz CT molecular complexity index is 931. The van der Waals surface area contributed by atoms with Gasteiger partial charge in [0.2, 0.25) is 0 Å². The summed E-state index contributed by atoms with van der Waals surface area (Å²) in [7, 11) is 0. The molecule has 0 atom stereocenters. The number of benzene rings is 2. The predicted octanol–water partition coefficient (Wildman–Crippen LogP) is 3.13. The molecule has 9 nitrogen and oxygen atoms in total. The van der Waals surface area contributed by atoms with Gasteiger partial charge in [0.15, 0.2) is 0 Å². The molecule has 2 rings (SSSR count). The maximum absolute atomic E-state index is 12.7. The van der Waals surface area contributed by atoms with Gasteiger partial charge in [-0.15, -0.1) is 0 Å². The Labute approximate surface area is 155 Å². The predicted molar refractivity (Wildman–Crippen MR) is 91.6 cm³/mol. The molecule has 0 aliphatic rings. The Morgan fingerprint density at radius 1 is 1.07 bits per heavy atom. The van der Waals surface area contributed by atoms with Gasteiger partial charge in [-0.2, -0.15) is 13.2 Å². The van der Waals surface area contributed by atoms with Crippen molar-refractivity contribution < 1.29 is 28.1 Å². The van der Waals surface area contributed by atoms with Gasteiger partial charge in [0.05, 0.1) is 22.0 Å². The Morgan fingerprint density at radius 3 is 2.39 bits per heavy atom. The summed E-state index contributed by atoms with van der Waals surface area (Å²) in [5.41, 5.74) is -2.28. The number of hydrogen-bond acceptors (Lipinski definition) is 7. The van der Waals surface area contributed by atoms with Crippen molar-refractivity contribution in [2.45, 2.75) is 6.18 Å². The molecule has 0 aromatic heterocycles. The van der Waals surface area contributed by atoms with Crippen LogP contribution in [-0.2, 0) is 6.18 Å². The van der Waals surface area contributed by atoms with E-state index in [0.717, 1.165) is 30.5 Å². The molecule has 0 amide bonds. The van der Waals surface area contributed by atoms with Crippen molar-refractivity contribution in [2.24, 2.45) is 4.99 Å². The van der Waals surface area contributed by atoms with Crippen LogP contribution in [0, 0.1) is 20.2 Å².